The number of aliphatic carboxylic acids is 1. The Morgan fingerprint density at radius 1 is 1.69 bits per heavy atom. The van der Waals surface area contributed by atoms with E-state index >= 15 is 0 Å². The molecule has 1 aromatic rings. The first-order valence-electron chi connectivity index (χ1n) is 5.31. The van der Waals surface area contributed by atoms with E-state index in [1.165, 1.54) is 11.3 Å². The maximum atomic E-state index is 11.0. The third-order valence-electron chi connectivity index (χ3n) is 2.14. The molecule has 5 heteroatoms. The van der Waals surface area contributed by atoms with Gasteiger partial charge < -0.3 is 15.2 Å². The molecule has 0 saturated heterocycles. The monoisotopic (exact) mass is 243 g/mol. The summed E-state index contributed by atoms with van der Waals surface area (Å²) in [6.07, 6.45) is 0.821. The molecule has 1 unspecified atom stereocenters. The molecule has 1 aromatic heterocycles. The maximum Gasteiger partial charge on any atom is 0.325 e. The van der Waals surface area contributed by atoms with Gasteiger partial charge in [-0.25, -0.2) is 0 Å². The molecular formula is C11H17NO3S. The van der Waals surface area contributed by atoms with E-state index in [1.54, 1.807) is 0 Å². The molecule has 0 spiro atoms. The van der Waals surface area contributed by atoms with Crippen molar-refractivity contribution in [1.29, 1.82) is 0 Å². The van der Waals surface area contributed by atoms with Gasteiger partial charge >= 0.3 is 5.97 Å². The number of carbonyl (C=O) groups is 1. The van der Waals surface area contributed by atoms with Crippen molar-refractivity contribution in [1.82, 2.24) is 5.32 Å². The summed E-state index contributed by atoms with van der Waals surface area (Å²) in [5.74, 6) is -0.838. The SMILES string of the molecule is CCOCCCNC(C(=O)O)c1ccsc1. The van der Waals surface area contributed by atoms with Crippen LogP contribution in [0.1, 0.15) is 24.9 Å². The maximum absolute atomic E-state index is 11.0. The highest BCUT2D eigenvalue weighted by molar-refractivity contribution is 7.08. The molecule has 2 N–H and O–H groups in total. The molecule has 0 saturated carbocycles. The molecule has 0 radical (unpaired) electrons. The van der Waals surface area contributed by atoms with Crippen LogP contribution in [-0.4, -0.2) is 30.8 Å². The first-order valence-corrected chi connectivity index (χ1v) is 6.26. The Morgan fingerprint density at radius 2 is 2.50 bits per heavy atom. The average molecular weight is 243 g/mol. The van der Waals surface area contributed by atoms with Gasteiger partial charge in [-0.05, 0) is 42.3 Å². The van der Waals surface area contributed by atoms with Crippen LogP contribution in [-0.2, 0) is 9.53 Å². The van der Waals surface area contributed by atoms with Crippen molar-refractivity contribution in [2.24, 2.45) is 0 Å². The average Bonchev–Trinajstić information content (AvgIpc) is 2.76. The highest BCUT2D eigenvalue weighted by Crippen LogP contribution is 2.16. The Balaban J connectivity index is 2.33. The van der Waals surface area contributed by atoms with E-state index in [-0.39, 0.29) is 0 Å². The zero-order valence-corrected chi connectivity index (χ0v) is 10.1. The van der Waals surface area contributed by atoms with Crippen LogP contribution in [0.5, 0.6) is 0 Å². The van der Waals surface area contributed by atoms with Gasteiger partial charge in [0.1, 0.15) is 6.04 Å². The fourth-order valence-electron chi connectivity index (χ4n) is 1.35. The molecule has 1 heterocycles. The minimum atomic E-state index is -0.838. The fraction of sp³-hybridized carbons (Fsp3) is 0.545. The van der Waals surface area contributed by atoms with Crippen molar-refractivity contribution in [2.75, 3.05) is 19.8 Å². The molecule has 0 bridgehead atoms. The molecule has 90 valence electrons. The van der Waals surface area contributed by atoms with Crippen LogP contribution in [0.3, 0.4) is 0 Å². The van der Waals surface area contributed by atoms with Crippen LogP contribution in [0.25, 0.3) is 0 Å². The van der Waals surface area contributed by atoms with Crippen LogP contribution in [0.2, 0.25) is 0 Å². The molecule has 1 rings (SSSR count). The lowest BCUT2D eigenvalue weighted by Gasteiger charge is -2.12. The summed E-state index contributed by atoms with van der Waals surface area (Å²) in [7, 11) is 0. The lowest BCUT2D eigenvalue weighted by molar-refractivity contribution is -0.139. The van der Waals surface area contributed by atoms with Crippen LogP contribution in [0.15, 0.2) is 16.8 Å². The summed E-state index contributed by atoms with van der Waals surface area (Å²) >= 11 is 1.50. The number of hydrogen-bond acceptors (Lipinski definition) is 4. The third-order valence-corrected chi connectivity index (χ3v) is 2.84. The van der Waals surface area contributed by atoms with Crippen molar-refractivity contribution in [3.8, 4) is 0 Å². The topological polar surface area (TPSA) is 58.6 Å². The van der Waals surface area contributed by atoms with Crippen LogP contribution in [0, 0.1) is 0 Å². The molecule has 16 heavy (non-hydrogen) atoms. The Morgan fingerprint density at radius 3 is 3.06 bits per heavy atom. The van der Waals surface area contributed by atoms with Crippen molar-refractivity contribution < 1.29 is 14.6 Å². The summed E-state index contributed by atoms with van der Waals surface area (Å²) in [5.41, 5.74) is 0.814. The van der Waals surface area contributed by atoms with Gasteiger partial charge in [-0.2, -0.15) is 11.3 Å². The van der Waals surface area contributed by atoms with Crippen LogP contribution >= 0.6 is 11.3 Å². The lowest BCUT2D eigenvalue weighted by Crippen LogP contribution is -2.29. The number of ether oxygens (including phenoxy) is 1. The smallest absolute Gasteiger partial charge is 0.325 e. The minimum absolute atomic E-state index is 0.604. The molecule has 0 aliphatic carbocycles. The van der Waals surface area contributed by atoms with Gasteiger partial charge in [0.05, 0.1) is 0 Å². The van der Waals surface area contributed by atoms with Gasteiger partial charge in [0.25, 0.3) is 0 Å². The number of hydrogen-bond donors (Lipinski definition) is 2. The second-order valence-corrected chi connectivity index (χ2v) is 4.11. The van der Waals surface area contributed by atoms with Gasteiger partial charge in [-0.1, -0.05) is 0 Å². The quantitative estimate of drug-likeness (QED) is 0.685. The van der Waals surface area contributed by atoms with Crippen molar-refractivity contribution in [3.63, 3.8) is 0 Å². The summed E-state index contributed by atoms with van der Waals surface area (Å²) in [5, 5.41) is 15.8. The van der Waals surface area contributed by atoms with Crippen LogP contribution < -0.4 is 5.32 Å². The van der Waals surface area contributed by atoms with Crippen molar-refractivity contribution in [3.05, 3.63) is 22.4 Å². The predicted molar refractivity (Wildman–Crippen MR) is 63.8 cm³/mol. The largest absolute Gasteiger partial charge is 0.480 e. The fourth-order valence-corrected chi connectivity index (χ4v) is 2.04. The zero-order chi connectivity index (χ0) is 11.8. The molecule has 0 aliphatic rings. The predicted octanol–water partition coefficient (Wildman–Crippen LogP) is 1.89. The minimum Gasteiger partial charge on any atom is -0.480 e. The number of nitrogens with one attached hydrogen (secondary N) is 1. The lowest BCUT2D eigenvalue weighted by atomic mass is 10.1. The van der Waals surface area contributed by atoms with Gasteiger partial charge in [0.15, 0.2) is 0 Å². The van der Waals surface area contributed by atoms with Gasteiger partial charge in [-0.3, -0.25) is 4.79 Å². The standard InChI is InChI=1S/C11H17NO3S/c1-2-15-6-3-5-12-10(11(13)14)9-4-7-16-8-9/h4,7-8,10,12H,2-3,5-6H2,1H3,(H,13,14). The molecule has 4 nitrogen and oxygen atoms in total. The third kappa shape index (κ3) is 4.30. The normalized spacial score (nSPS) is 12.6. The van der Waals surface area contributed by atoms with E-state index in [0.717, 1.165) is 12.0 Å². The van der Waals surface area contributed by atoms with Gasteiger partial charge in [0.2, 0.25) is 0 Å². The molecule has 1 atom stereocenters. The van der Waals surface area contributed by atoms with Gasteiger partial charge in [-0.15, -0.1) is 0 Å². The molecule has 0 amide bonds. The first-order chi connectivity index (χ1) is 7.75. The van der Waals surface area contributed by atoms with Crippen molar-refractivity contribution in [2.45, 2.75) is 19.4 Å². The number of carboxylic acids is 1. The summed E-state index contributed by atoms with van der Waals surface area (Å²) in [6.45, 7) is 3.96. The Kier molecular flexibility index (Phi) is 6.07. The highest BCUT2D eigenvalue weighted by Gasteiger charge is 2.18. The van der Waals surface area contributed by atoms with Gasteiger partial charge in [0, 0.05) is 13.2 Å². The summed E-state index contributed by atoms with van der Waals surface area (Å²) in [4.78, 5) is 11.0. The Hall–Kier alpha value is -0.910. The van der Waals surface area contributed by atoms with Crippen molar-refractivity contribution >= 4 is 17.3 Å². The molecular weight excluding hydrogens is 226 g/mol. The van der Waals surface area contributed by atoms with E-state index in [0.29, 0.717) is 19.8 Å². The molecule has 0 aromatic carbocycles. The second kappa shape index (κ2) is 7.38. The summed E-state index contributed by atoms with van der Waals surface area (Å²) < 4.78 is 5.18. The number of carboxylic acid groups (broad SMARTS) is 1. The Bertz CT molecular complexity index is 300. The molecule has 0 aliphatic heterocycles. The second-order valence-electron chi connectivity index (χ2n) is 3.33. The molecule has 0 fully saturated rings. The number of thiophene rings is 1. The number of rotatable bonds is 8. The zero-order valence-electron chi connectivity index (χ0n) is 9.31. The Labute approximate surface area is 99.2 Å². The summed E-state index contributed by atoms with van der Waals surface area (Å²) in [6, 6.07) is 1.23. The van der Waals surface area contributed by atoms with E-state index in [1.807, 2.05) is 23.8 Å². The highest BCUT2D eigenvalue weighted by atomic mass is 32.1. The van der Waals surface area contributed by atoms with E-state index in [4.69, 9.17) is 9.84 Å². The van der Waals surface area contributed by atoms with E-state index in [9.17, 15) is 4.79 Å². The van der Waals surface area contributed by atoms with E-state index in [2.05, 4.69) is 5.32 Å². The first kappa shape index (κ1) is 13.2. The van der Waals surface area contributed by atoms with E-state index < -0.39 is 12.0 Å². The van der Waals surface area contributed by atoms with Crippen LogP contribution in [0.4, 0.5) is 0 Å².